The van der Waals surface area contributed by atoms with Gasteiger partial charge in [0.15, 0.2) is 0 Å². The minimum atomic E-state index is -0.592. The van der Waals surface area contributed by atoms with E-state index < -0.39 is 17.8 Å². The molecule has 1 spiro atoms. The summed E-state index contributed by atoms with van der Waals surface area (Å²) in [7, 11) is 3.79. The molecule has 0 bridgehead atoms. The van der Waals surface area contributed by atoms with Gasteiger partial charge in [-0.1, -0.05) is 0 Å². The molecule has 0 aromatic carbocycles. The Bertz CT molecular complexity index is 337. The third-order valence-electron chi connectivity index (χ3n) is 3.47. The molecule has 18 heavy (non-hydrogen) atoms. The summed E-state index contributed by atoms with van der Waals surface area (Å²) in [5.74, 6) is 0. The van der Waals surface area contributed by atoms with Crippen molar-refractivity contribution < 1.29 is 19.1 Å². The van der Waals surface area contributed by atoms with Crippen molar-refractivity contribution in [3.63, 3.8) is 0 Å². The van der Waals surface area contributed by atoms with Gasteiger partial charge >= 0.3 is 12.2 Å². The van der Waals surface area contributed by atoms with Gasteiger partial charge in [0.05, 0.1) is 6.54 Å². The van der Waals surface area contributed by atoms with Crippen LogP contribution in [0, 0.1) is 0 Å². The van der Waals surface area contributed by atoms with Crippen LogP contribution in [0.4, 0.5) is 9.59 Å². The summed E-state index contributed by atoms with van der Waals surface area (Å²) in [4.78, 5) is 26.4. The molecule has 1 aliphatic carbocycles. The second kappa shape index (κ2) is 5.14. The molecule has 1 aliphatic heterocycles. The van der Waals surface area contributed by atoms with E-state index in [1.54, 1.807) is 0 Å². The molecular weight excluding hydrogens is 236 g/mol. The predicted molar refractivity (Wildman–Crippen MR) is 64.3 cm³/mol. The quantitative estimate of drug-likeness (QED) is 0.765. The highest BCUT2D eigenvalue weighted by Gasteiger charge is 2.49. The van der Waals surface area contributed by atoms with E-state index in [2.05, 4.69) is 0 Å². The van der Waals surface area contributed by atoms with E-state index >= 15 is 0 Å². The second-order valence-electron chi connectivity index (χ2n) is 5.26. The number of hydrogen-bond donors (Lipinski definition) is 0. The first-order chi connectivity index (χ1) is 8.52. The summed E-state index contributed by atoms with van der Waals surface area (Å²) in [5, 5.41) is 0. The number of hydrogen-bond acceptors (Lipinski definition) is 5. The zero-order valence-electron chi connectivity index (χ0n) is 11.0. The first kappa shape index (κ1) is 13.1. The number of amides is 2. The summed E-state index contributed by atoms with van der Waals surface area (Å²) in [6.07, 6.45) is 2.64. The number of rotatable bonds is 3. The zero-order chi connectivity index (χ0) is 13.2. The van der Waals surface area contributed by atoms with Crippen LogP contribution in [0.25, 0.3) is 0 Å². The van der Waals surface area contributed by atoms with Crippen LogP contribution < -0.4 is 0 Å². The Morgan fingerprint density at radius 3 is 2.72 bits per heavy atom. The molecule has 102 valence electrons. The average molecular weight is 256 g/mol. The lowest BCUT2D eigenvalue weighted by Crippen LogP contribution is -2.36. The summed E-state index contributed by atoms with van der Waals surface area (Å²) in [5.41, 5.74) is -0.433. The normalized spacial score (nSPS) is 21.7. The maximum absolute atomic E-state index is 11.8. The van der Waals surface area contributed by atoms with E-state index in [1.165, 1.54) is 0 Å². The zero-order valence-corrected chi connectivity index (χ0v) is 11.0. The monoisotopic (exact) mass is 256 g/mol. The first-order valence-corrected chi connectivity index (χ1v) is 6.34. The van der Waals surface area contributed by atoms with Gasteiger partial charge in [-0.15, -0.1) is 0 Å². The Labute approximate surface area is 107 Å². The van der Waals surface area contributed by atoms with Gasteiger partial charge in [0.2, 0.25) is 0 Å². The molecule has 2 rings (SSSR count). The highest BCUT2D eigenvalue weighted by molar-refractivity contribution is 5.89. The van der Waals surface area contributed by atoms with E-state index in [0.29, 0.717) is 13.1 Å². The fraction of sp³-hybridized carbons (Fsp3) is 0.833. The van der Waals surface area contributed by atoms with Gasteiger partial charge in [0, 0.05) is 6.54 Å². The van der Waals surface area contributed by atoms with Crippen LogP contribution >= 0.6 is 0 Å². The van der Waals surface area contributed by atoms with E-state index in [4.69, 9.17) is 9.47 Å². The molecule has 1 saturated heterocycles. The lowest BCUT2D eigenvalue weighted by Gasteiger charge is -2.19. The minimum Gasteiger partial charge on any atom is -0.448 e. The highest BCUT2D eigenvalue weighted by Crippen LogP contribution is 2.38. The van der Waals surface area contributed by atoms with Gasteiger partial charge < -0.3 is 14.4 Å². The molecule has 2 fully saturated rings. The van der Waals surface area contributed by atoms with Crippen molar-refractivity contribution in [1.29, 1.82) is 0 Å². The topological polar surface area (TPSA) is 59.1 Å². The second-order valence-corrected chi connectivity index (χ2v) is 5.26. The van der Waals surface area contributed by atoms with E-state index in [1.807, 2.05) is 19.0 Å². The Kier molecular flexibility index (Phi) is 3.75. The molecule has 0 N–H and O–H groups in total. The Morgan fingerprint density at radius 1 is 1.44 bits per heavy atom. The van der Waals surface area contributed by atoms with E-state index in [-0.39, 0.29) is 6.61 Å². The Hall–Kier alpha value is -1.30. The van der Waals surface area contributed by atoms with Crippen molar-refractivity contribution in [3.8, 4) is 0 Å². The Morgan fingerprint density at radius 2 is 2.11 bits per heavy atom. The summed E-state index contributed by atoms with van der Waals surface area (Å²) >= 11 is 0. The smallest absolute Gasteiger partial charge is 0.420 e. The van der Waals surface area contributed by atoms with Gasteiger partial charge in [-0.05, 0) is 39.8 Å². The molecule has 0 aromatic heterocycles. The number of carbonyl (C=O) groups is 2. The number of nitrogens with zero attached hydrogens (tertiary/aromatic N) is 2. The van der Waals surface area contributed by atoms with Crippen molar-refractivity contribution >= 4 is 12.2 Å². The van der Waals surface area contributed by atoms with Crippen molar-refractivity contribution in [3.05, 3.63) is 0 Å². The summed E-state index contributed by atoms with van der Waals surface area (Å²) in [6, 6.07) is 0. The lowest BCUT2D eigenvalue weighted by molar-refractivity contribution is 0.0626. The molecule has 0 radical (unpaired) electrons. The van der Waals surface area contributed by atoms with Crippen molar-refractivity contribution in [2.75, 3.05) is 33.8 Å². The lowest BCUT2D eigenvalue weighted by atomic mass is 10.0. The van der Waals surface area contributed by atoms with Crippen molar-refractivity contribution in [2.24, 2.45) is 0 Å². The third-order valence-corrected chi connectivity index (χ3v) is 3.47. The fourth-order valence-corrected chi connectivity index (χ4v) is 2.44. The van der Waals surface area contributed by atoms with E-state index in [9.17, 15) is 9.59 Å². The molecule has 6 heteroatoms. The number of imide groups is 1. The van der Waals surface area contributed by atoms with Crippen LogP contribution in [0.1, 0.15) is 25.7 Å². The molecule has 1 heterocycles. The molecule has 0 aromatic rings. The third kappa shape index (κ3) is 2.75. The summed E-state index contributed by atoms with van der Waals surface area (Å²) in [6.45, 7) is 1.26. The van der Waals surface area contributed by atoms with Crippen LogP contribution in [0.3, 0.4) is 0 Å². The minimum absolute atomic E-state index is 0.280. The maximum Gasteiger partial charge on any atom is 0.420 e. The van der Waals surface area contributed by atoms with Crippen LogP contribution in [0.2, 0.25) is 0 Å². The summed E-state index contributed by atoms with van der Waals surface area (Å²) < 4.78 is 10.4. The number of carbonyl (C=O) groups excluding carboxylic acids is 2. The number of likely N-dealkylation sites (N-methyl/N-ethyl adjacent to an activating group) is 1. The van der Waals surface area contributed by atoms with Crippen molar-refractivity contribution in [1.82, 2.24) is 9.80 Å². The van der Waals surface area contributed by atoms with Crippen LogP contribution in [-0.2, 0) is 9.47 Å². The standard InChI is InChI=1S/C12H20N2O4/c1-13(2)7-8-17-10(15)14-9-12(18-11(14)16)5-3-4-6-12/h3-9H2,1-2H3. The highest BCUT2D eigenvalue weighted by atomic mass is 16.6. The number of ether oxygens (including phenoxy) is 2. The Balaban J connectivity index is 1.85. The SMILES string of the molecule is CN(C)CCOC(=O)N1CC2(CCCC2)OC1=O. The van der Waals surface area contributed by atoms with Crippen molar-refractivity contribution in [2.45, 2.75) is 31.3 Å². The molecule has 0 atom stereocenters. The van der Waals surface area contributed by atoms with Crippen LogP contribution in [-0.4, -0.2) is 61.4 Å². The first-order valence-electron chi connectivity index (χ1n) is 6.34. The fourth-order valence-electron chi connectivity index (χ4n) is 2.44. The molecule has 1 saturated carbocycles. The molecule has 2 aliphatic rings. The van der Waals surface area contributed by atoms with Gasteiger partial charge in [0.1, 0.15) is 12.2 Å². The van der Waals surface area contributed by atoms with Gasteiger partial charge in [-0.2, -0.15) is 0 Å². The maximum atomic E-state index is 11.8. The van der Waals surface area contributed by atoms with Crippen LogP contribution in [0.15, 0.2) is 0 Å². The predicted octanol–water partition coefficient (Wildman–Crippen LogP) is 1.45. The van der Waals surface area contributed by atoms with E-state index in [0.717, 1.165) is 30.6 Å². The average Bonchev–Trinajstić information content (AvgIpc) is 2.86. The van der Waals surface area contributed by atoms with Gasteiger partial charge in [-0.25, -0.2) is 14.5 Å². The largest absolute Gasteiger partial charge is 0.448 e. The molecule has 2 amide bonds. The van der Waals surface area contributed by atoms with Gasteiger partial charge in [-0.3, -0.25) is 0 Å². The van der Waals surface area contributed by atoms with Crippen LogP contribution in [0.5, 0.6) is 0 Å². The molecule has 0 unspecified atom stereocenters. The molecule has 6 nitrogen and oxygen atoms in total. The molecular formula is C12H20N2O4. The van der Waals surface area contributed by atoms with Gasteiger partial charge in [0.25, 0.3) is 0 Å².